The number of nitrogens with zero attached hydrogens (tertiary/aromatic N) is 1. The lowest BCUT2D eigenvalue weighted by molar-refractivity contribution is 0.0776. The lowest BCUT2D eigenvalue weighted by Gasteiger charge is -2.09. The Morgan fingerprint density at radius 1 is 1.15 bits per heavy atom. The quantitative estimate of drug-likeness (QED) is 0.644. The molecule has 0 aliphatic carbocycles. The van der Waals surface area contributed by atoms with Gasteiger partial charge in [0.05, 0.1) is 12.3 Å². The van der Waals surface area contributed by atoms with Gasteiger partial charge in [0.2, 0.25) is 0 Å². The molecule has 0 amide bonds. The molecule has 0 fully saturated rings. The van der Waals surface area contributed by atoms with E-state index >= 15 is 0 Å². The summed E-state index contributed by atoms with van der Waals surface area (Å²) < 4.78 is 0. The summed E-state index contributed by atoms with van der Waals surface area (Å²) in [6, 6.07) is 9.42. The molecule has 1 aliphatic rings. The predicted molar refractivity (Wildman–Crippen MR) is 49.9 cm³/mol. The lowest BCUT2D eigenvalue weighted by atomic mass is 10.0. The number of hydrogen-bond donors (Lipinski definition) is 2. The number of hydrogen-bond acceptors (Lipinski definition) is 3. The van der Waals surface area contributed by atoms with E-state index in [0.717, 1.165) is 5.56 Å². The topological polar surface area (TPSA) is 52.8 Å². The standard InChI is InChI=1S/C10H11NO2/c12-8-6-11-9(10(8)13)7-4-2-1-3-5-7/h1-5,8,10,12-13H,6H2/t8-,10+/m0/s1. The molecule has 0 radical (unpaired) electrons. The van der Waals surface area contributed by atoms with Gasteiger partial charge in [0.15, 0.2) is 0 Å². The van der Waals surface area contributed by atoms with Crippen LogP contribution in [0.4, 0.5) is 0 Å². The third-order valence-corrected chi connectivity index (χ3v) is 2.16. The van der Waals surface area contributed by atoms with Crippen molar-refractivity contribution < 1.29 is 10.2 Å². The summed E-state index contributed by atoms with van der Waals surface area (Å²) >= 11 is 0. The van der Waals surface area contributed by atoms with Gasteiger partial charge < -0.3 is 10.2 Å². The van der Waals surface area contributed by atoms with E-state index in [4.69, 9.17) is 0 Å². The number of rotatable bonds is 1. The van der Waals surface area contributed by atoms with Crippen LogP contribution in [0.2, 0.25) is 0 Å². The Kier molecular flexibility index (Phi) is 2.12. The molecule has 0 bridgehead atoms. The normalized spacial score (nSPS) is 27.4. The molecule has 0 saturated heterocycles. The Labute approximate surface area is 76.4 Å². The van der Waals surface area contributed by atoms with Crippen LogP contribution in [0.5, 0.6) is 0 Å². The molecule has 1 heterocycles. The van der Waals surface area contributed by atoms with Gasteiger partial charge in [0.1, 0.15) is 12.2 Å². The number of aliphatic imine (C=N–C) groups is 1. The van der Waals surface area contributed by atoms with Crippen molar-refractivity contribution in [2.24, 2.45) is 4.99 Å². The summed E-state index contributed by atoms with van der Waals surface area (Å²) in [5, 5.41) is 18.8. The Bertz CT molecular complexity index is 321. The molecular formula is C10H11NO2. The monoisotopic (exact) mass is 177 g/mol. The van der Waals surface area contributed by atoms with Crippen LogP contribution in [0.15, 0.2) is 35.3 Å². The van der Waals surface area contributed by atoms with Crippen LogP contribution in [0.3, 0.4) is 0 Å². The van der Waals surface area contributed by atoms with Crippen LogP contribution in [0, 0.1) is 0 Å². The van der Waals surface area contributed by atoms with Crippen LogP contribution in [-0.4, -0.2) is 34.7 Å². The van der Waals surface area contributed by atoms with Gasteiger partial charge in [0.25, 0.3) is 0 Å². The Morgan fingerprint density at radius 3 is 2.38 bits per heavy atom. The van der Waals surface area contributed by atoms with Crippen molar-refractivity contribution in [3.05, 3.63) is 35.9 Å². The summed E-state index contributed by atoms with van der Waals surface area (Å²) in [5.74, 6) is 0. The summed E-state index contributed by atoms with van der Waals surface area (Å²) in [6.45, 7) is 0.297. The minimum Gasteiger partial charge on any atom is -0.388 e. The number of aliphatic hydroxyl groups is 2. The van der Waals surface area contributed by atoms with Crippen molar-refractivity contribution >= 4 is 5.71 Å². The molecule has 0 spiro atoms. The molecular weight excluding hydrogens is 166 g/mol. The first-order chi connectivity index (χ1) is 6.29. The summed E-state index contributed by atoms with van der Waals surface area (Å²) in [4.78, 5) is 4.08. The molecule has 2 rings (SSSR count). The molecule has 3 nitrogen and oxygen atoms in total. The highest BCUT2D eigenvalue weighted by Crippen LogP contribution is 2.13. The van der Waals surface area contributed by atoms with Crippen molar-refractivity contribution in [1.29, 1.82) is 0 Å². The van der Waals surface area contributed by atoms with E-state index < -0.39 is 12.2 Å². The molecule has 2 atom stereocenters. The molecule has 1 aromatic rings. The molecule has 0 aromatic heterocycles. The van der Waals surface area contributed by atoms with Crippen LogP contribution >= 0.6 is 0 Å². The third kappa shape index (κ3) is 1.48. The first kappa shape index (κ1) is 8.41. The largest absolute Gasteiger partial charge is 0.388 e. The number of aliphatic hydroxyl groups excluding tert-OH is 2. The number of benzene rings is 1. The molecule has 0 saturated carbocycles. The maximum absolute atomic E-state index is 9.53. The van der Waals surface area contributed by atoms with Crippen molar-refractivity contribution in [3.63, 3.8) is 0 Å². The maximum Gasteiger partial charge on any atom is 0.124 e. The molecule has 1 aromatic carbocycles. The minimum atomic E-state index is -0.831. The zero-order chi connectivity index (χ0) is 9.26. The fourth-order valence-electron chi connectivity index (χ4n) is 1.44. The van der Waals surface area contributed by atoms with E-state index in [-0.39, 0.29) is 0 Å². The molecule has 3 heteroatoms. The Balaban J connectivity index is 2.29. The van der Waals surface area contributed by atoms with Gasteiger partial charge in [-0.2, -0.15) is 0 Å². The summed E-state index contributed by atoms with van der Waals surface area (Å²) in [6.07, 6.45) is -1.57. The van der Waals surface area contributed by atoms with Crippen molar-refractivity contribution in [2.75, 3.05) is 6.54 Å². The molecule has 68 valence electrons. The van der Waals surface area contributed by atoms with E-state index in [1.807, 2.05) is 30.3 Å². The molecule has 0 unspecified atom stereocenters. The highest BCUT2D eigenvalue weighted by molar-refractivity contribution is 6.05. The van der Waals surface area contributed by atoms with Gasteiger partial charge in [-0.1, -0.05) is 30.3 Å². The van der Waals surface area contributed by atoms with Gasteiger partial charge in [-0.15, -0.1) is 0 Å². The fraction of sp³-hybridized carbons (Fsp3) is 0.300. The predicted octanol–water partition coefficient (Wildman–Crippen LogP) is 0.211. The average Bonchev–Trinajstić information content (AvgIpc) is 2.49. The maximum atomic E-state index is 9.53. The second-order valence-corrected chi connectivity index (χ2v) is 3.10. The van der Waals surface area contributed by atoms with Crippen LogP contribution in [-0.2, 0) is 0 Å². The Hall–Kier alpha value is -1.19. The molecule has 13 heavy (non-hydrogen) atoms. The second-order valence-electron chi connectivity index (χ2n) is 3.10. The second kappa shape index (κ2) is 3.28. The average molecular weight is 177 g/mol. The van der Waals surface area contributed by atoms with E-state index in [9.17, 15) is 10.2 Å². The summed E-state index contributed by atoms with van der Waals surface area (Å²) in [5.41, 5.74) is 1.47. The summed E-state index contributed by atoms with van der Waals surface area (Å²) in [7, 11) is 0. The first-order valence-electron chi connectivity index (χ1n) is 4.25. The van der Waals surface area contributed by atoms with E-state index in [1.54, 1.807) is 0 Å². The van der Waals surface area contributed by atoms with E-state index in [0.29, 0.717) is 12.3 Å². The van der Waals surface area contributed by atoms with Crippen molar-refractivity contribution in [2.45, 2.75) is 12.2 Å². The molecule has 1 aliphatic heterocycles. The Morgan fingerprint density at radius 2 is 1.85 bits per heavy atom. The van der Waals surface area contributed by atoms with Gasteiger partial charge in [-0.05, 0) is 5.56 Å². The fourth-order valence-corrected chi connectivity index (χ4v) is 1.44. The van der Waals surface area contributed by atoms with E-state index in [1.165, 1.54) is 0 Å². The van der Waals surface area contributed by atoms with Gasteiger partial charge >= 0.3 is 0 Å². The van der Waals surface area contributed by atoms with Crippen LogP contribution in [0.25, 0.3) is 0 Å². The van der Waals surface area contributed by atoms with E-state index in [2.05, 4.69) is 4.99 Å². The van der Waals surface area contributed by atoms with Gasteiger partial charge in [-0.25, -0.2) is 0 Å². The smallest absolute Gasteiger partial charge is 0.124 e. The highest BCUT2D eigenvalue weighted by atomic mass is 16.3. The van der Waals surface area contributed by atoms with Crippen molar-refractivity contribution in [1.82, 2.24) is 0 Å². The van der Waals surface area contributed by atoms with Crippen LogP contribution in [0.1, 0.15) is 5.56 Å². The van der Waals surface area contributed by atoms with Gasteiger partial charge in [-0.3, -0.25) is 4.99 Å². The van der Waals surface area contributed by atoms with Crippen molar-refractivity contribution in [3.8, 4) is 0 Å². The SMILES string of the molecule is O[C@H]1CN=C(c2ccccc2)[C@@H]1O. The lowest BCUT2D eigenvalue weighted by Crippen LogP contribution is -2.29. The van der Waals surface area contributed by atoms with Crippen LogP contribution < -0.4 is 0 Å². The zero-order valence-corrected chi connectivity index (χ0v) is 7.09. The minimum absolute atomic E-state index is 0.297. The van der Waals surface area contributed by atoms with Gasteiger partial charge in [0, 0.05) is 0 Å². The first-order valence-corrected chi connectivity index (χ1v) is 4.25. The third-order valence-electron chi connectivity index (χ3n) is 2.16. The molecule has 2 N–H and O–H groups in total. The zero-order valence-electron chi connectivity index (χ0n) is 7.09. The highest BCUT2D eigenvalue weighted by Gasteiger charge is 2.28.